The van der Waals surface area contributed by atoms with E-state index >= 15 is 0 Å². The lowest BCUT2D eigenvalue weighted by atomic mass is 10.3. The van der Waals surface area contributed by atoms with E-state index in [4.69, 9.17) is 4.74 Å². The topological polar surface area (TPSA) is 66.2 Å². The summed E-state index contributed by atoms with van der Waals surface area (Å²) < 4.78 is 11.4. The molecule has 6 nitrogen and oxygen atoms in total. The summed E-state index contributed by atoms with van der Waals surface area (Å²) in [4.78, 5) is 11.5. The van der Waals surface area contributed by atoms with Crippen LogP contribution < -0.4 is 0 Å². The highest BCUT2D eigenvalue weighted by atomic mass is 32.1. The summed E-state index contributed by atoms with van der Waals surface area (Å²) in [5, 5.41) is 11.8. The van der Waals surface area contributed by atoms with E-state index < -0.39 is 5.97 Å². The van der Waals surface area contributed by atoms with Crippen molar-refractivity contribution >= 4 is 17.3 Å². The molecular formula is C11H13N3O3S. The Kier molecular flexibility index (Phi) is 4.06. The lowest BCUT2D eigenvalue weighted by Gasteiger charge is -2.05. The number of hydrogen-bond acceptors (Lipinski definition) is 6. The zero-order valence-electron chi connectivity index (χ0n) is 10.1. The smallest absolute Gasteiger partial charge is 0.360 e. The molecule has 18 heavy (non-hydrogen) atoms. The summed E-state index contributed by atoms with van der Waals surface area (Å²) in [7, 11) is 2.87. The van der Waals surface area contributed by atoms with E-state index in [1.807, 2.05) is 16.8 Å². The monoisotopic (exact) mass is 267 g/mol. The van der Waals surface area contributed by atoms with E-state index in [0.717, 1.165) is 5.56 Å². The molecule has 0 aliphatic heterocycles. The highest BCUT2D eigenvalue weighted by Crippen LogP contribution is 2.13. The van der Waals surface area contributed by atoms with Crippen LogP contribution in [0.2, 0.25) is 0 Å². The second-order valence-corrected chi connectivity index (χ2v) is 4.38. The molecule has 0 aliphatic carbocycles. The fourth-order valence-electron chi connectivity index (χ4n) is 1.55. The van der Waals surface area contributed by atoms with Crippen molar-refractivity contribution < 1.29 is 14.3 Å². The molecule has 0 unspecified atom stereocenters. The molecule has 0 aliphatic rings. The lowest BCUT2D eigenvalue weighted by molar-refractivity contribution is 0.0588. The first-order chi connectivity index (χ1) is 8.76. The van der Waals surface area contributed by atoms with Crippen LogP contribution in [0.3, 0.4) is 0 Å². The molecule has 0 fully saturated rings. The predicted molar refractivity (Wildman–Crippen MR) is 65.5 cm³/mol. The van der Waals surface area contributed by atoms with Gasteiger partial charge in [0.25, 0.3) is 0 Å². The largest absolute Gasteiger partial charge is 0.464 e. The molecule has 0 atom stereocenters. The average Bonchev–Trinajstić information content (AvgIpc) is 3.01. The second-order valence-electron chi connectivity index (χ2n) is 3.60. The van der Waals surface area contributed by atoms with Gasteiger partial charge in [-0.2, -0.15) is 11.3 Å². The van der Waals surface area contributed by atoms with Crippen molar-refractivity contribution in [3.05, 3.63) is 33.8 Å². The van der Waals surface area contributed by atoms with Gasteiger partial charge in [-0.25, -0.2) is 9.48 Å². The molecule has 0 radical (unpaired) electrons. The first-order valence-electron chi connectivity index (χ1n) is 5.27. The summed E-state index contributed by atoms with van der Waals surface area (Å²) >= 11 is 1.61. The van der Waals surface area contributed by atoms with E-state index in [1.165, 1.54) is 7.11 Å². The minimum Gasteiger partial charge on any atom is -0.464 e. The van der Waals surface area contributed by atoms with E-state index in [2.05, 4.69) is 15.0 Å². The van der Waals surface area contributed by atoms with E-state index in [0.29, 0.717) is 12.2 Å². The third-order valence-electron chi connectivity index (χ3n) is 2.41. The van der Waals surface area contributed by atoms with Gasteiger partial charge in [0.15, 0.2) is 5.69 Å². The molecule has 2 heterocycles. The Balaban J connectivity index is 2.29. The highest BCUT2D eigenvalue weighted by Gasteiger charge is 2.20. The Labute approximate surface area is 108 Å². The minimum atomic E-state index is -0.501. The van der Waals surface area contributed by atoms with E-state index in [1.54, 1.807) is 23.1 Å². The van der Waals surface area contributed by atoms with Crippen LogP contribution >= 0.6 is 11.3 Å². The molecule has 0 spiro atoms. The molecular weight excluding hydrogens is 254 g/mol. The van der Waals surface area contributed by atoms with Crippen LogP contribution in [0.1, 0.15) is 21.7 Å². The van der Waals surface area contributed by atoms with Crippen LogP contribution in [0.25, 0.3) is 0 Å². The third-order valence-corrected chi connectivity index (χ3v) is 3.14. The average molecular weight is 267 g/mol. The standard InChI is InChI=1S/C11H13N3O3S/c1-16-6-9-10(11(15)17-2)12-13-14(9)5-8-3-4-18-7-8/h3-4,7H,5-6H2,1-2H3. The Bertz CT molecular complexity index is 522. The van der Waals surface area contributed by atoms with Gasteiger partial charge in [0.05, 0.1) is 26.0 Å². The molecule has 0 saturated carbocycles. The fourth-order valence-corrected chi connectivity index (χ4v) is 2.21. The molecule has 0 saturated heterocycles. The van der Waals surface area contributed by atoms with Crippen LogP contribution in [-0.2, 0) is 22.6 Å². The van der Waals surface area contributed by atoms with Crippen molar-refractivity contribution in [3.63, 3.8) is 0 Å². The summed E-state index contributed by atoms with van der Waals surface area (Å²) in [6, 6.07) is 2.00. The maximum atomic E-state index is 11.5. The molecule has 0 N–H and O–H groups in total. The number of carbonyl (C=O) groups excluding carboxylic acids is 1. The number of thiophene rings is 1. The van der Waals surface area contributed by atoms with Crippen molar-refractivity contribution in [1.29, 1.82) is 0 Å². The van der Waals surface area contributed by atoms with Crippen molar-refractivity contribution in [1.82, 2.24) is 15.0 Å². The summed E-state index contributed by atoms with van der Waals surface area (Å²) in [5.41, 5.74) is 1.93. The van der Waals surface area contributed by atoms with Crippen molar-refractivity contribution in [2.24, 2.45) is 0 Å². The number of carbonyl (C=O) groups is 1. The Hall–Kier alpha value is -1.73. The molecule has 0 aromatic carbocycles. The first-order valence-corrected chi connectivity index (χ1v) is 6.21. The Morgan fingerprint density at radius 3 is 2.94 bits per heavy atom. The van der Waals surface area contributed by atoms with Gasteiger partial charge in [0, 0.05) is 7.11 Å². The number of nitrogens with zero attached hydrogens (tertiary/aromatic N) is 3. The summed E-state index contributed by atoms with van der Waals surface area (Å²) in [5.74, 6) is -0.501. The second kappa shape index (κ2) is 5.74. The molecule has 2 aromatic heterocycles. The van der Waals surface area contributed by atoms with Gasteiger partial charge < -0.3 is 9.47 Å². The number of methoxy groups -OCH3 is 2. The van der Waals surface area contributed by atoms with Crippen LogP contribution in [0.15, 0.2) is 16.8 Å². The molecule has 7 heteroatoms. The summed E-state index contributed by atoms with van der Waals surface area (Å²) in [6.45, 7) is 0.827. The molecule has 2 aromatic rings. The Morgan fingerprint density at radius 1 is 1.50 bits per heavy atom. The van der Waals surface area contributed by atoms with Crippen LogP contribution in [0.5, 0.6) is 0 Å². The lowest BCUT2D eigenvalue weighted by Crippen LogP contribution is -2.11. The van der Waals surface area contributed by atoms with Gasteiger partial charge in [-0.15, -0.1) is 5.10 Å². The van der Waals surface area contributed by atoms with Gasteiger partial charge >= 0.3 is 5.97 Å². The third kappa shape index (κ3) is 2.57. The number of hydrogen-bond donors (Lipinski definition) is 0. The predicted octanol–water partition coefficient (Wildman–Crippen LogP) is 1.32. The maximum absolute atomic E-state index is 11.5. The molecule has 0 amide bonds. The number of rotatable bonds is 5. The van der Waals surface area contributed by atoms with E-state index in [-0.39, 0.29) is 12.3 Å². The SMILES string of the molecule is COCc1c(C(=O)OC)nnn1Cc1ccsc1. The minimum absolute atomic E-state index is 0.203. The van der Waals surface area contributed by atoms with Gasteiger partial charge in [-0.3, -0.25) is 0 Å². The van der Waals surface area contributed by atoms with Gasteiger partial charge in [-0.1, -0.05) is 5.21 Å². The van der Waals surface area contributed by atoms with Gasteiger partial charge in [-0.05, 0) is 22.4 Å². The van der Waals surface area contributed by atoms with Crippen molar-refractivity contribution in [2.75, 3.05) is 14.2 Å². The molecule has 0 bridgehead atoms. The van der Waals surface area contributed by atoms with Crippen molar-refractivity contribution in [3.8, 4) is 0 Å². The van der Waals surface area contributed by atoms with E-state index in [9.17, 15) is 4.79 Å². The zero-order valence-corrected chi connectivity index (χ0v) is 10.9. The normalized spacial score (nSPS) is 10.6. The molecule has 2 rings (SSSR count). The maximum Gasteiger partial charge on any atom is 0.360 e. The molecule has 96 valence electrons. The van der Waals surface area contributed by atoms with Gasteiger partial charge in [0.1, 0.15) is 0 Å². The Morgan fingerprint density at radius 2 is 2.33 bits per heavy atom. The summed E-state index contributed by atoms with van der Waals surface area (Å²) in [6.07, 6.45) is 0. The van der Waals surface area contributed by atoms with Crippen LogP contribution in [-0.4, -0.2) is 35.2 Å². The quantitative estimate of drug-likeness (QED) is 0.764. The van der Waals surface area contributed by atoms with Gasteiger partial charge in [0.2, 0.25) is 0 Å². The number of esters is 1. The zero-order chi connectivity index (χ0) is 13.0. The van der Waals surface area contributed by atoms with Crippen LogP contribution in [0.4, 0.5) is 0 Å². The highest BCUT2D eigenvalue weighted by molar-refractivity contribution is 7.07. The fraction of sp³-hybridized carbons (Fsp3) is 0.364. The van der Waals surface area contributed by atoms with Crippen molar-refractivity contribution in [2.45, 2.75) is 13.2 Å². The van der Waals surface area contributed by atoms with Crippen LogP contribution in [0, 0.1) is 0 Å². The first kappa shape index (κ1) is 12.7. The number of aromatic nitrogens is 3. The number of ether oxygens (including phenoxy) is 2.